The van der Waals surface area contributed by atoms with Crippen molar-refractivity contribution in [1.29, 1.82) is 0 Å². The van der Waals surface area contributed by atoms with Crippen LogP contribution in [0.1, 0.15) is 54.4 Å². The molecule has 224 valence electrons. The first kappa shape index (κ1) is 32.4. The summed E-state index contributed by atoms with van der Waals surface area (Å²) in [6, 6.07) is 18.7. The predicted molar refractivity (Wildman–Crippen MR) is 159 cm³/mol. The van der Waals surface area contributed by atoms with Gasteiger partial charge in [-0.05, 0) is 91.9 Å². The first-order chi connectivity index (χ1) is 20.9. The minimum atomic E-state index is -0.547. The van der Waals surface area contributed by atoms with Gasteiger partial charge in [-0.15, -0.1) is 0 Å². The van der Waals surface area contributed by atoms with Crippen LogP contribution in [0.15, 0.2) is 71.7 Å². The van der Waals surface area contributed by atoms with Crippen LogP contribution in [0, 0.1) is 0 Å². The second-order valence-corrected chi connectivity index (χ2v) is 9.35. The molecule has 43 heavy (non-hydrogen) atoms. The molecule has 10 heteroatoms. The topological polar surface area (TPSA) is 135 Å². The molecular weight excluding hydrogens is 554 g/mol. The van der Waals surface area contributed by atoms with E-state index in [1.54, 1.807) is 48.7 Å². The summed E-state index contributed by atoms with van der Waals surface area (Å²) in [6.07, 6.45) is 5.25. The normalized spacial score (nSPS) is 10.6. The van der Waals surface area contributed by atoms with Crippen molar-refractivity contribution in [3.63, 3.8) is 0 Å². The van der Waals surface area contributed by atoms with Crippen molar-refractivity contribution in [3.8, 4) is 23.0 Å². The standard InChI is InChI=1S/C33H33NO9/c1-40-32-20-30(43-33(39)25-10-14-29(15-11-25)42-19-5-3-7-27(38)23-36)16-17-31(32)34-21-24-8-12-28(13-9-24)41-18-4-2-6-26(37)22-35/h8-17,20-23H,2-7,18-19H2,1H3/b34-21+. The maximum atomic E-state index is 12.6. The molecular formula is C33H33NO9. The molecule has 0 amide bonds. The summed E-state index contributed by atoms with van der Waals surface area (Å²) in [4.78, 5) is 59.8. The smallest absolute Gasteiger partial charge is 0.343 e. The number of benzene rings is 3. The number of hydrogen-bond donors (Lipinski definition) is 0. The summed E-state index contributed by atoms with van der Waals surface area (Å²) in [5, 5.41) is 0. The Labute approximate surface area is 249 Å². The Morgan fingerprint density at radius 2 is 1.23 bits per heavy atom. The summed E-state index contributed by atoms with van der Waals surface area (Å²) in [6.45, 7) is 0.837. The lowest BCUT2D eigenvalue weighted by molar-refractivity contribution is -0.129. The highest BCUT2D eigenvalue weighted by Gasteiger charge is 2.12. The van der Waals surface area contributed by atoms with E-state index >= 15 is 0 Å². The second kappa shape index (κ2) is 17.6. The lowest BCUT2D eigenvalue weighted by Crippen LogP contribution is -2.08. The summed E-state index contributed by atoms with van der Waals surface area (Å²) in [5.41, 5.74) is 1.72. The van der Waals surface area contributed by atoms with Gasteiger partial charge in [0.15, 0.2) is 24.1 Å². The Hall–Kier alpha value is -5.12. The van der Waals surface area contributed by atoms with Crippen LogP contribution in [0.5, 0.6) is 23.0 Å². The van der Waals surface area contributed by atoms with Gasteiger partial charge in [-0.1, -0.05) is 0 Å². The van der Waals surface area contributed by atoms with Crippen LogP contribution in [0.4, 0.5) is 5.69 Å². The largest absolute Gasteiger partial charge is 0.494 e. The number of hydrogen-bond acceptors (Lipinski definition) is 10. The van der Waals surface area contributed by atoms with Crippen molar-refractivity contribution in [2.24, 2.45) is 4.99 Å². The van der Waals surface area contributed by atoms with Gasteiger partial charge in [0.05, 0.1) is 25.9 Å². The highest BCUT2D eigenvalue weighted by Crippen LogP contribution is 2.32. The van der Waals surface area contributed by atoms with Crippen molar-refractivity contribution in [2.75, 3.05) is 20.3 Å². The molecule has 0 fully saturated rings. The van der Waals surface area contributed by atoms with Crippen LogP contribution in [0.2, 0.25) is 0 Å². The highest BCUT2D eigenvalue weighted by atomic mass is 16.5. The molecule has 0 spiro atoms. The summed E-state index contributed by atoms with van der Waals surface area (Å²) >= 11 is 0. The van der Waals surface area contributed by atoms with Gasteiger partial charge in [-0.2, -0.15) is 0 Å². The lowest BCUT2D eigenvalue weighted by Gasteiger charge is -2.09. The Morgan fingerprint density at radius 1 is 0.698 bits per heavy atom. The number of methoxy groups -OCH3 is 1. The summed E-state index contributed by atoms with van der Waals surface area (Å²) in [5.74, 6) is 0.610. The number of ether oxygens (including phenoxy) is 4. The molecule has 3 rings (SSSR count). The SMILES string of the molecule is COc1cc(OC(=O)c2ccc(OCCCCC(=O)C=O)cc2)ccc1/N=C/c1ccc(OCCCCC(=O)C=O)cc1. The zero-order valence-electron chi connectivity index (χ0n) is 23.9. The number of Topliss-reactive ketones (excluding diaryl/α,β-unsaturated/α-hetero) is 2. The Balaban J connectivity index is 1.48. The molecule has 3 aromatic rings. The highest BCUT2D eigenvalue weighted by molar-refractivity contribution is 6.25. The summed E-state index contributed by atoms with van der Waals surface area (Å²) in [7, 11) is 1.50. The van der Waals surface area contributed by atoms with Crippen molar-refractivity contribution >= 4 is 42.0 Å². The molecule has 0 aliphatic heterocycles. The molecule has 0 radical (unpaired) electrons. The Bertz CT molecular complexity index is 1410. The quantitative estimate of drug-likeness (QED) is 0.0457. The monoisotopic (exact) mass is 587 g/mol. The van der Waals surface area contributed by atoms with E-state index < -0.39 is 17.5 Å². The third kappa shape index (κ3) is 11.3. The van der Waals surface area contributed by atoms with Crippen LogP contribution >= 0.6 is 0 Å². The molecule has 0 heterocycles. The Kier molecular flexibility index (Phi) is 13.3. The number of nitrogens with zero attached hydrogens (tertiary/aromatic N) is 1. The molecule has 0 bridgehead atoms. The van der Waals surface area contributed by atoms with Gasteiger partial charge in [0.25, 0.3) is 0 Å². The van der Waals surface area contributed by atoms with Crippen LogP contribution in [-0.2, 0) is 19.2 Å². The van der Waals surface area contributed by atoms with E-state index in [1.807, 2.05) is 24.3 Å². The number of aldehydes is 2. The molecule has 0 aliphatic carbocycles. The van der Waals surface area contributed by atoms with E-state index in [-0.39, 0.29) is 12.8 Å². The van der Waals surface area contributed by atoms with E-state index in [4.69, 9.17) is 18.9 Å². The van der Waals surface area contributed by atoms with Crippen molar-refractivity contribution < 1.29 is 42.9 Å². The van der Waals surface area contributed by atoms with E-state index in [0.29, 0.717) is 85.7 Å². The molecule has 0 saturated carbocycles. The minimum absolute atomic E-state index is 0.207. The second-order valence-electron chi connectivity index (χ2n) is 9.35. The van der Waals surface area contributed by atoms with E-state index in [9.17, 15) is 24.0 Å². The minimum Gasteiger partial charge on any atom is -0.494 e. The zero-order valence-corrected chi connectivity index (χ0v) is 23.9. The predicted octanol–water partition coefficient (Wildman–Crippen LogP) is 5.30. The molecule has 0 aromatic heterocycles. The molecule has 10 nitrogen and oxygen atoms in total. The van der Waals surface area contributed by atoms with Crippen LogP contribution in [0.3, 0.4) is 0 Å². The van der Waals surface area contributed by atoms with Crippen LogP contribution in [0.25, 0.3) is 0 Å². The van der Waals surface area contributed by atoms with Gasteiger partial charge in [-0.3, -0.25) is 24.2 Å². The number of rotatable bonds is 19. The third-order valence-electron chi connectivity index (χ3n) is 6.12. The number of aliphatic imine (C=N–C) groups is 1. The molecule has 0 atom stereocenters. The average molecular weight is 588 g/mol. The Morgan fingerprint density at radius 3 is 1.77 bits per heavy atom. The lowest BCUT2D eigenvalue weighted by atomic mass is 10.2. The van der Waals surface area contributed by atoms with Gasteiger partial charge >= 0.3 is 5.97 Å². The molecule has 0 aliphatic rings. The van der Waals surface area contributed by atoms with Gasteiger partial charge in [0.1, 0.15) is 28.7 Å². The number of carbonyl (C=O) groups excluding carboxylic acids is 5. The fourth-order valence-electron chi connectivity index (χ4n) is 3.78. The van der Waals surface area contributed by atoms with Crippen LogP contribution < -0.4 is 18.9 Å². The van der Waals surface area contributed by atoms with E-state index in [1.165, 1.54) is 7.11 Å². The van der Waals surface area contributed by atoms with E-state index in [0.717, 1.165) is 5.56 Å². The van der Waals surface area contributed by atoms with Gasteiger partial charge in [-0.25, -0.2) is 4.79 Å². The number of ketones is 2. The molecule has 0 unspecified atom stereocenters. The first-order valence-electron chi connectivity index (χ1n) is 13.8. The molecule has 0 N–H and O–H groups in total. The van der Waals surface area contributed by atoms with Crippen molar-refractivity contribution in [3.05, 3.63) is 77.9 Å². The van der Waals surface area contributed by atoms with Crippen LogP contribution in [-0.4, -0.2) is 56.6 Å². The molecule has 0 saturated heterocycles. The summed E-state index contributed by atoms with van der Waals surface area (Å²) < 4.78 is 22.2. The fourth-order valence-corrected chi connectivity index (χ4v) is 3.78. The number of carbonyl (C=O) groups is 5. The fraction of sp³-hybridized carbons (Fsp3) is 0.273. The third-order valence-corrected chi connectivity index (χ3v) is 6.12. The van der Waals surface area contributed by atoms with Crippen molar-refractivity contribution in [2.45, 2.75) is 38.5 Å². The van der Waals surface area contributed by atoms with Gasteiger partial charge < -0.3 is 18.9 Å². The van der Waals surface area contributed by atoms with Gasteiger partial charge in [0.2, 0.25) is 0 Å². The maximum absolute atomic E-state index is 12.6. The molecule has 3 aromatic carbocycles. The number of unbranched alkanes of at least 4 members (excludes halogenated alkanes) is 2. The first-order valence-corrected chi connectivity index (χ1v) is 13.8. The van der Waals surface area contributed by atoms with E-state index in [2.05, 4.69) is 4.99 Å². The van der Waals surface area contributed by atoms with Gasteiger partial charge in [0, 0.05) is 25.1 Å². The average Bonchev–Trinajstić information content (AvgIpc) is 3.04. The maximum Gasteiger partial charge on any atom is 0.343 e. The number of esters is 1. The zero-order chi connectivity index (χ0) is 30.9. The van der Waals surface area contributed by atoms with Crippen molar-refractivity contribution in [1.82, 2.24) is 0 Å².